The summed E-state index contributed by atoms with van der Waals surface area (Å²) in [7, 11) is 0. The molecule has 2 heterocycles. The first-order valence-corrected chi connectivity index (χ1v) is 12.2. The molecule has 30 heavy (non-hydrogen) atoms. The molecule has 1 aromatic heterocycles. The number of aromatic nitrogens is 3. The van der Waals surface area contributed by atoms with Crippen molar-refractivity contribution in [2.45, 2.75) is 129 Å². The zero-order valence-corrected chi connectivity index (χ0v) is 20.6. The van der Waals surface area contributed by atoms with Gasteiger partial charge in [-0.05, 0) is 59.8 Å². The molecule has 6 nitrogen and oxygen atoms in total. The summed E-state index contributed by atoms with van der Waals surface area (Å²) >= 11 is 0. The van der Waals surface area contributed by atoms with Crippen LogP contribution in [0.5, 0.6) is 0 Å². The first-order valence-electron chi connectivity index (χ1n) is 12.2. The third-order valence-corrected chi connectivity index (χ3v) is 5.90. The number of piperidine rings is 1. The summed E-state index contributed by atoms with van der Waals surface area (Å²) in [5.41, 5.74) is 0.173. The van der Waals surface area contributed by atoms with Crippen molar-refractivity contribution in [3.63, 3.8) is 0 Å². The first-order chi connectivity index (χ1) is 14.2. The van der Waals surface area contributed by atoms with Crippen LogP contribution in [0.4, 0.5) is 11.9 Å². The van der Waals surface area contributed by atoms with Crippen LogP contribution in [0.25, 0.3) is 0 Å². The number of unbranched alkanes of at least 4 members (excludes halogenated alkanes) is 2. The highest BCUT2D eigenvalue weighted by Gasteiger charge is 2.38. The van der Waals surface area contributed by atoms with Gasteiger partial charge >= 0.3 is 0 Å². The predicted molar refractivity (Wildman–Crippen MR) is 128 cm³/mol. The van der Waals surface area contributed by atoms with Gasteiger partial charge in [0, 0.05) is 29.6 Å². The van der Waals surface area contributed by atoms with Gasteiger partial charge in [0.2, 0.25) is 11.9 Å². The lowest BCUT2D eigenvalue weighted by atomic mass is 9.80. The van der Waals surface area contributed by atoms with Gasteiger partial charge in [0.15, 0.2) is 0 Å². The van der Waals surface area contributed by atoms with Crippen molar-refractivity contribution in [2.75, 3.05) is 17.2 Å². The van der Waals surface area contributed by atoms with Gasteiger partial charge in [-0.15, -0.1) is 0 Å². The highest BCUT2D eigenvalue weighted by atomic mass is 15.2. The van der Waals surface area contributed by atoms with Crippen LogP contribution in [0.1, 0.15) is 118 Å². The normalized spacial score (nSPS) is 19.4. The van der Waals surface area contributed by atoms with Crippen LogP contribution in [0.2, 0.25) is 0 Å². The van der Waals surface area contributed by atoms with Crippen molar-refractivity contribution in [2.24, 2.45) is 0 Å². The number of hydrogen-bond acceptors (Lipinski definition) is 6. The average molecular weight is 419 g/mol. The van der Waals surface area contributed by atoms with Crippen molar-refractivity contribution >= 4 is 11.9 Å². The topological polar surface area (TPSA) is 74.8 Å². The molecule has 1 unspecified atom stereocenters. The second-order valence-corrected chi connectivity index (χ2v) is 10.4. The summed E-state index contributed by atoms with van der Waals surface area (Å²) in [6.45, 7) is 16.7. The van der Waals surface area contributed by atoms with E-state index < -0.39 is 0 Å². The Bertz CT molecular complexity index is 627. The Hall–Kier alpha value is -1.43. The standard InChI is InChI=1S/C24H46N6/c1-8-11-14-18(13-10-3)20-27-21(25-15-12-9-2)29-22(28-20)26-19-16-23(4,5)30-24(6,7)17-19/h18-19,30H,8-17H2,1-7H3,(H2,25,26,27,28,29). The first kappa shape index (κ1) is 24.8. The zero-order chi connectivity index (χ0) is 22.2. The number of nitrogens with zero attached hydrogens (tertiary/aromatic N) is 3. The molecular weight excluding hydrogens is 372 g/mol. The van der Waals surface area contributed by atoms with Gasteiger partial charge < -0.3 is 16.0 Å². The third-order valence-electron chi connectivity index (χ3n) is 5.90. The number of nitrogens with one attached hydrogen (secondary N) is 3. The zero-order valence-electron chi connectivity index (χ0n) is 20.6. The average Bonchev–Trinajstić information content (AvgIpc) is 2.62. The summed E-state index contributed by atoms with van der Waals surface area (Å²) in [6, 6.07) is 0.343. The smallest absolute Gasteiger partial charge is 0.227 e. The molecule has 0 radical (unpaired) electrons. The van der Waals surface area contributed by atoms with E-state index in [1.807, 2.05) is 0 Å². The second kappa shape index (κ2) is 11.3. The highest BCUT2D eigenvalue weighted by Crippen LogP contribution is 2.31. The molecule has 1 saturated heterocycles. The van der Waals surface area contributed by atoms with Crippen molar-refractivity contribution in [3.8, 4) is 0 Å². The van der Waals surface area contributed by atoms with Crippen molar-refractivity contribution < 1.29 is 0 Å². The Balaban J connectivity index is 2.26. The Morgan fingerprint density at radius 3 is 2.10 bits per heavy atom. The maximum atomic E-state index is 4.93. The molecule has 1 atom stereocenters. The van der Waals surface area contributed by atoms with E-state index >= 15 is 0 Å². The largest absolute Gasteiger partial charge is 0.354 e. The van der Waals surface area contributed by atoms with E-state index in [0.717, 1.165) is 69.2 Å². The molecule has 1 fully saturated rings. The molecule has 0 aliphatic carbocycles. The lowest BCUT2D eigenvalue weighted by Gasteiger charge is -2.46. The molecule has 0 saturated carbocycles. The van der Waals surface area contributed by atoms with Crippen LogP contribution < -0.4 is 16.0 Å². The Kier molecular flexibility index (Phi) is 9.32. The van der Waals surface area contributed by atoms with Crippen LogP contribution in [0, 0.1) is 0 Å². The maximum Gasteiger partial charge on any atom is 0.227 e. The van der Waals surface area contributed by atoms with Crippen LogP contribution in [0.3, 0.4) is 0 Å². The van der Waals surface area contributed by atoms with E-state index in [1.54, 1.807) is 0 Å². The van der Waals surface area contributed by atoms with Crippen LogP contribution in [-0.4, -0.2) is 38.6 Å². The van der Waals surface area contributed by atoms with Gasteiger partial charge in [0.25, 0.3) is 0 Å². The number of hydrogen-bond donors (Lipinski definition) is 3. The summed E-state index contributed by atoms with van der Waals surface area (Å²) in [5.74, 6) is 2.82. The van der Waals surface area contributed by atoms with Gasteiger partial charge in [0.1, 0.15) is 5.82 Å². The fourth-order valence-corrected chi connectivity index (χ4v) is 4.90. The molecule has 6 heteroatoms. The molecule has 0 bridgehead atoms. The maximum absolute atomic E-state index is 4.93. The van der Waals surface area contributed by atoms with Gasteiger partial charge in [-0.2, -0.15) is 15.0 Å². The van der Waals surface area contributed by atoms with Gasteiger partial charge in [-0.1, -0.05) is 46.5 Å². The Labute approximate surface area is 184 Å². The molecule has 3 N–H and O–H groups in total. The Morgan fingerprint density at radius 2 is 1.50 bits per heavy atom. The third kappa shape index (κ3) is 8.01. The number of rotatable bonds is 12. The van der Waals surface area contributed by atoms with Crippen LogP contribution >= 0.6 is 0 Å². The summed E-state index contributed by atoms with van der Waals surface area (Å²) < 4.78 is 0. The minimum atomic E-state index is 0.0867. The summed E-state index contributed by atoms with van der Waals surface area (Å²) in [5, 5.41) is 10.9. The quantitative estimate of drug-likeness (QED) is 0.368. The van der Waals surface area contributed by atoms with Crippen molar-refractivity contribution in [1.82, 2.24) is 20.3 Å². The van der Waals surface area contributed by atoms with Crippen molar-refractivity contribution in [1.29, 1.82) is 0 Å². The molecule has 1 aliphatic rings. The minimum Gasteiger partial charge on any atom is -0.354 e. The van der Waals surface area contributed by atoms with E-state index in [9.17, 15) is 0 Å². The second-order valence-electron chi connectivity index (χ2n) is 10.4. The lowest BCUT2D eigenvalue weighted by Crippen LogP contribution is -2.60. The van der Waals surface area contributed by atoms with E-state index in [2.05, 4.69) is 64.4 Å². The van der Waals surface area contributed by atoms with Gasteiger partial charge in [-0.3, -0.25) is 0 Å². The summed E-state index contributed by atoms with van der Waals surface area (Å²) in [4.78, 5) is 14.5. The Morgan fingerprint density at radius 1 is 0.867 bits per heavy atom. The molecule has 0 amide bonds. The van der Waals surface area contributed by atoms with Gasteiger partial charge in [-0.25, -0.2) is 0 Å². The number of anilines is 2. The minimum absolute atomic E-state index is 0.0867. The molecule has 0 spiro atoms. The monoisotopic (exact) mass is 418 g/mol. The SMILES string of the molecule is CCCCNc1nc(NC2CC(C)(C)NC(C)(C)C2)nc(C(CCC)CCCC)n1. The summed E-state index contributed by atoms with van der Waals surface area (Å²) in [6.07, 6.45) is 10.2. The lowest BCUT2D eigenvalue weighted by molar-refractivity contribution is 0.170. The molecular formula is C24H46N6. The molecule has 0 aromatic carbocycles. The molecule has 172 valence electrons. The van der Waals surface area contributed by atoms with Gasteiger partial charge in [0.05, 0.1) is 0 Å². The van der Waals surface area contributed by atoms with Crippen LogP contribution in [0.15, 0.2) is 0 Å². The van der Waals surface area contributed by atoms with E-state index in [4.69, 9.17) is 15.0 Å². The molecule has 1 aliphatic heterocycles. The van der Waals surface area contributed by atoms with E-state index in [-0.39, 0.29) is 11.1 Å². The van der Waals surface area contributed by atoms with Crippen LogP contribution in [-0.2, 0) is 0 Å². The van der Waals surface area contributed by atoms with Crippen molar-refractivity contribution in [3.05, 3.63) is 5.82 Å². The fraction of sp³-hybridized carbons (Fsp3) is 0.875. The highest BCUT2D eigenvalue weighted by molar-refractivity contribution is 5.36. The van der Waals surface area contributed by atoms with E-state index in [1.165, 1.54) is 12.8 Å². The fourth-order valence-electron chi connectivity index (χ4n) is 4.90. The molecule has 2 rings (SSSR count). The van der Waals surface area contributed by atoms with E-state index in [0.29, 0.717) is 12.0 Å². The molecule has 1 aromatic rings. The predicted octanol–water partition coefficient (Wildman–Crippen LogP) is 5.88.